The van der Waals surface area contributed by atoms with Crippen LogP contribution in [0.2, 0.25) is 34.0 Å². The fourth-order valence-corrected chi connectivity index (χ4v) is 14.9. The molecule has 0 aromatic rings. The van der Waals surface area contributed by atoms with Gasteiger partial charge in [0.1, 0.15) is 0 Å². The molecule has 0 aromatic carbocycles. The fourth-order valence-electron chi connectivity index (χ4n) is 2.10. The summed E-state index contributed by atoms with van der Waals surface area (Å²) in [7, 11) is -1.10. The van der Waals surface area contributed by atoms with E-state index in [4.69, 9.17) is 11.6 Å². The van der Waals surface area contributed by atoms with Gasteiger partial charge >= 0.3 is 120 Å². The van der Waals surface area contributed by atoms with Crippen molar-refractivity contribution >= 4 is 38.1 Å². The van der Waals surface area contributed by atoms with Gasteiger partial charge in [-0.15, -0.1) is 0 Å². The van der Waals surface area contributed by atoms with Gasteiger partial charge in [0.05, 0.1) is 0 Å². The van der Waals surface area contributed by atoms with Crippen molar-refractivity contribution in [3.8, 4) is 0 Å². The van der Waals surface area contributed by atoms with Gasteiger partial charge in [-0.25, -0.2) is 0 Å². The maximum absolute atomic E-state index is 5.86. The molecule has 0 amide bonds. The average molecular weight is 382 g/mol. The van der Waals surface area contributed by atoms with Gasteiger partial charge in [-0.3, -0.25) is 0 Å². The second-order valence-corrected chi connectivity index (χ2v) is 26.6. The van der Waals surface area contributed by atoms with Gasteiger partial charge in [0, 0.05) is 0 Å². The maximum atomic E-state index is 5.86. The molecule has 0 bridgehead atoms. The standard InChI is InChI=1S/C11H22ClSi.3CH3.Sn/c1-4-5-10-13(2,3)11-8-6-7-9-12;;;;/h11H,4-7,9-10H2,1-3H3;3*1H3;. The number of unbranched alkanes of at least 4 members (excludes halogenated alkanes) is 1. The Morgan fingerprint density at radius 1 is 1.18 bits per heavy atom. The van der Waals surface area contributed by atoms with E-state index in [0.29, 0.717) is 0 Å². The van der Waals surface area contributed by atoms with Crippen molar-refractivity contribution in [2.75, 3.05) is 5.88 Å². The van der Waals surface area contributed by atoms with Crippen LogP contribution in [-0.2, 0) is 0 Å². The van der Waals surface area contributed by atoms with Crippen LogP contribution in [0.15, 0.2) is 9.29 Å². The van der Waals surface area contributed by atoms with Crippen LogP contribution in [0.1, 0.15) is 32.6 Å². The van der Waals surface area contributed by atoms with Crippen LogP contribution >= 0.6 is 11.6 Å². The van der Waals surface area contributed by atoms with Crippen LogP contribution in [-0.4, -0.2) is 32.3 Å². The summed E-state index contributed by atoms with van der Waals surface area (Å²) < 4.78 is 1.84. The van der Waals surface area contributed by atoms with E-state index >= 15 is 0 Å². The van der Waals surface area contributed by atoms with Gasteiger partial charge in [-0.2, -0.15) is 0 Å². The number of hydrogen-bond donors (Lipinski definition) is 0. The molecule has 0 aliphatic rings. The Labute approximate surface area is 119 Å². The number of halogens is 1. The Bertz CT molecular complexity index is 241. The molecular formula is C14H31ClSiSn. The molecule has 0 rings (SSSR count). The van der Waals surface area contributed by atoms with E-state index in [2.05, 4.69) is 40.5 Å². The quantitative estimate of drug-likeness (QED) is 0.365. The molecule has 0 nitrogen and oxygen atoms in total. The van der Waals surface area contributed by atoms with Crippen molar-refractivity contribution in [1.82, 2.24) is 0 Å². The van der Waals surface area contributed by atoms with E-state index < -0.39 is 26.5 Å². The molecule has 102 valence electrons. The van der Waals surface area contributed by atoms with Crippen molar-refractivity contribution in [3.63, 3.8) is 0 Å². The molecule has 3 heteroatoms. The van der Waals surface area contributed by atoms with Crippen LogP contribution in [0.4, 0.5) is 0 Å². The Morgan fingerprint density at radius 3 is 2.18 bits per heavy atom. The summed E-state index contributed by atoms with van der Waals surface area (Å²) in [5.41, 5.74) is 2.74. The summed E-state index contributed by atoms with van der Waals surface area (Å²) in [4.78, 5) is 7.62. The SMILES string of the molecule is CCCC[Si](C)(C)/C=[C](/CCCCl)[Sn]([CH3])([CH3])[CH3]. The van der Waals surface area contributed by atoms with E-state index in [-0.39, 0.29) is 0 Å². The number of hydrogen-bond acceptors (Lipinski definition) is 0. The van der Waals surface area contributed by atoms with Crippen molar-refractivity contribution in [3.05, 3.63) is 9.29 Å². The first-order valence-corrected chi connectivity index (χ1v) is 20.8. The Balaban J connectivity index is 4.76. The molecule has 0 fully saturated rings. The second-order valence-electron chi connectivity index (χ2n) is 6.80. The van der Waals surface area contributed by atoms with Gasteiger partial charge in [0.25, 0.3) is 0 Å². The van der Waals surface area contributed by atoms with E-state index in [0.717, 1.165) is 5.88 Å². The minimum atomic E-state index is -1.87. The zero-order valence-electron chi connectivity index (χ0n) is 12.7. The molecule has 0 aliphatic heterocycles. The van der Waals surface area contributed by atoms with Gasteiger partial charge < -0.3 is 0 Å². The summed E-state index contributed by atoms with van der Waals surface area (Å²) >= 11 is 3.98. The molecule has 0 saturated carbocycles. The van der Waals surface area contributed by atoms with Crippen molar-refractivity contribution < 1.29 is 0 Å². The molecule has 0 saturated heterocycles. The molecule has 0 radical (unpaired) electrons. The summed E-state index contributed by atoms with van der Waals surface area (Å²) in [5.74, 6) is 0.816. The van der Waals surface area contributed by atoms with Crippen LogP contribution in [0.25, 0.3) is 0 Å². The first-order chi connectivity index (χ1) is 7.73. The summed E-state index contributed by atoms with van der Waals surface area (Å²) in [6.45, 7) is 7.35. The second kappa shape index (κ2) is 8.26. The first-order valence-electron chi connectivity index (χ1n) is 7.01. The van der Waals surface area contributed by atoms with Crippen LogP contribution in [0.3, 0.4) is 0 Å². The third kappa shape index (κ3) is 8.71. The van der Waals surface area contributed by atoms with Crippen LogP contribution in [0, 0.1) is 0 Å². The number of rotatable bonds is 8. The van der Waals surface area contributed by atoms with Gasteiger partial charge in [0.15, 0.2) is 0 Å². The van der Waals surface area contributed by atoms with E-state index in [1.54, 1.807) is 0 Å². The van der Waals surface area contributed by atoms with Crippen LogP contribution in [0.5, 0.6) is 0 Å². The summed E-state index contributed by atoms with van der Waals surface area (Å²) in [6.07, 6.45) is 5.17. The topological polar surface area (TPSA) is 0 Å². The zero-order valence-corrected chi connectivity index (χ0v) is 17.3. The minimum absolute atomic E-state index is 0.816. The molecule has 0 unspecified atom stereocenters. The zero-order chi connectivity index (χ0) is 13.5. The van der Waals surface area contributed by atoms with Crippen molar-refractivity contribution in [1.29, 1.82) is 0 Å². The fraction of sp³-hybridized carbons (Fsp3) is 0.857. The first kappa shape index (κ1) is 18.0. The molecule has 0 aliphatic carbocycles. The third-order valence-corrected chi connectivity index (χ3v) is 13.8. The Hall–Kier alpha value is 1.05. The Morgan fingerprint density at radius 2 is 1.76 bits per heavy atom. The van der Waals surface area contributed by atoms with E-state index in [1.165, 1.54) is 31.7 Å². The summed E-state index contributed by atoms with van der Waals surface area (Å²) in [6, 6.07) is 1.45. The molecule has 0 spiro atoms. The van der Waals surface area contributed by atoms with E-state index in [1.807, 2.05) is 3.59 Å². The average Bonchev–Trinajstić information content (AvgIpc) is 2.20. The predicted octanol–water partition coefficient (Wildman–Crippen LogP) is 5.86. The Kier molecular flexibility index (Phi) is 8.77. The predicted molar refractivity (Wildman–Crippen MR) is 88.6 cm³/mol. The molecular weight excluding hydrogens is 350 g/mol. The number of allylic oxidation sites excluding steroid dienone is 1. The summed E-state index contributed by atoms with van der Waals surface area (Å²) in [5, 5.41) is 0. The molecule has 0 aromatic heterocycles. The molecule has 0 heterocycles. The van der Waals surface area contributed by atoms with Gasteiger partial charge in [-0.1, -0.05) is 0 Å². The van der Waals surface area contributed by atoms with Gasteiger partial charge in [-0.05, 0) is 0 Å². The third-order valence-electron chi connectivity index (χ3n) is 3.28. The normalized spacial score (nSPS) is 14.2. The van der Waals surface area contributed by atoms with Crippen LogP contribution < -0.4 is 0 Å². The van der Waals surface area contributed by atoms with Gasteiger partial charge in [0.2, 0.25) is 0 Å². The van der Waals surface area contributed by atoms with Crippen molar-refractivity contribution in [2.45, 2.75) is 66.6 Å². The van der Waals surface area contributed by atoms with Crippen molar-refractivity contribution in [2.24, 2.45) is 0 Å². The molecule has 0 N–H and O–H groups in total. The monoisotopic (exact) mass is 382 g/mol. The number of alkyl halides is 1. The van der Waals surface area contributed by atoms with E-state index in [9.17, 15) is 0 Å². The molecule has 17 heavy (non-hydrogen) atoms. The molecule has 0 atom stereocenters.